The molecule has 7 nitrogen and oxygen atoms in total. The molecule has 0 spiro atoms. The Morgan fingerprint density at radius 3 is 1.97 bits per heavy atom. The summed E-state index contributed by atoms with van der Waals surface area (Å²) in [4.78, 5) is 38.3. The van der Waals surface area contributed by atoms with E-state index < -0.39 is 0 Å². The predicted molar refractivity (Wildman–Crippen MR) is 124 cm³/mol. The summed E-state index contributed by atoms with van der Waals surface area (Å²) < 4.78 is 0. The molecule has 0 unspecified atom stereocenters. The normalized spacial score (nSPS) is 10.3. The van der Waals surface area contributed by atoms with Gasteiger partial charge in [-0.05, 0) is 68.8 Å². The number of amides is 3. The number of unbranched alkanes of at least 4 members (excludes halogenated alkanes) is 1. The van der Waals surface area contributed by atoms with Gasteiger partial charge in [0.15, 0.2) is 0 Å². The molecular weight excluding hydrogens is 392 g/mol. The highest BCUT2D eigenvalue weighted by Crippen LogP contribution is 2.13. The third-order valence-electron chi connectivity index (χ3n) is 4.88. The molecule has 0 atom stereocenters. The van der Waals surface area contributed by atoms with Crippen molar-refractivity contribution in [2.24, 2.45) is 0 Å². The highest BCUT2D eigenvalue weighted by Gasteiger charge is 2.12. The van der Waals surface area contributed by atoms with Crippen molar-refractivity contribution in [3.8, 4) is 0 Å². The van der Waals surface area contributed by atoms with Crippen LogP contribution in [-0.2, 0) is 4.79 Å². The van der Waals surface area contributed by atoms with Crippen molar-refractivity contribution in [1.82, 2.24) is 10.2 Å². The second kappa shape index (κ2) is 12.4. The first kappa shape index (κ1) is 23.9. The van der Waals surface area contributed by atoms with E-state index in [2.05, 4.69) is 22.9 Å². The van der Waals surface area contributed by atoms with Crippen LogP contribution in [0.5, 0.6) is 0 Å². The zero-order chi connectivity index (χ0) is 22.6. The fourth-order valence-corrected chi connectivity index (χ4v) is 3.00. The van der Waals surface area contributed by atoms with Crippen LogP contribution in [0.15, 0.2) is 48.5 Å². The van der Waals surface area contributed by atoms with E-state index >= 15 is 0 Å². The van der Waals surface area contributed by atoms with Crippen molar-refractivity contribution >= 4 is 29.1 Å². The Morgan fingerprint density at radius 2 is 1.39 bits per heavy atom. The second-order valence-electron chi connectivity index (χ2n) is 7.14. The van der Waals surface area contributed by atoms with E-state index in [4.69, 9.17) is 0 Å². The lowest BCUT2D eigenvalue weighted by Gasteiger charge is -2.18. The molecular formula is C24H32N4O3. The largest absolute Gasteiger partial charge is 0.376 e. The van der Waals surface area contributed by atoms with Crippen molar-refractivity contribution in [1.29, 1.82) is 0 Å². The van der Waals surface area contributed by atoms with Crippen LogP contribution in [0.3, 0.4) is 0 Å². The van der Waals surface area contributed by atoms with Gasteiger partial charge in [0.1, 0.15) is 0 Å². The van der Waals surface area contributed by atoms with Gasteiger partial charge in [0.25, 0.3) is 11.8 Å². The summed E-state index contributed by atoms with van der Waals surface area (Å²) >= 11 is 0. The Hall–Kier alpha value is -3.35. The Labute approximate surface area is 184 Å². The number of hydrogen-bond donors (Lipinski definition) is 3. The van der Waals surface area contributed by atoms with Gasteiger partial charge < -0.3 is 20.9 Å². The van der Waals surface area contributed by atoms with Crippen molar-refractivity contribution in [3.63, 3.8) is 0 Å². The molecule has 0 radical (unpaired) electrons. The minimum absolute atomic E-state index is 0.0213. The number of carbonyl (C=O) groups excluding carboxylic acids is 3. The van der Waals surface area contributed by atoms with Gasteiger partial charge in [-0.15, -0.1) is 0 Å². The fourth-order valence-electron chi connectivity index (χ4n) is 3.00. The van der Waals surface area contributed by atoms with Gasteiger partial charge in [0.2, 0.25) is 5.91 Å². The molecule has 3 amide bonds. The summed E-state index contributed by atoms with van der Waals surface area (Å²) in [5.41, 5.74) is 2.56. The summed E-state index contributed by atoms with van der Waals surface area (Å²) in [5, 5.41) is 8.71. The van der Waals surface area contributed by atoms with Crippen LogP contribution >= 0.6 is 0 Å². The van der Waals surface area contributed by atoms with Crippen LogP contribution < -0.4 is 16.0 Å². The third kappa shape index (κ3) is 7.44. The first-order valence-electron chi connectivity index (χ1n) is 10.8. The molecule has 7 heteroatoms. The van der Waals surface area contributed by atoms with Crippen LogP contribution in [0.2, 0.25) is 0 Å². The van der Waals surface area contributed by atoms with Crippen LogP contribution in [0.4, 0.5) is 11.4 Å². The molecule has 0 aliphatic rings. The molecule has 0 heterocycles. The van der Waals surface area contributed by atoms with E-state index in [0.717, 1.165) is 18.5 Å². The van der Waals surface area contributed by atoms with E-state index in [-0.39, 0.29) is 24.3 Å². The molecule has 0 saturated carbocycles. The second-order valence-corrected chi connectivity index (χ2v) is 7.14. The molecule has 166 valence electrons. The van der Waals surface area contributed by atoms with Gasteiger partial charge in [0, 0.05) is 42.1 Å². The lowest BCUT2D eigenvalue weighted by molar-refractivity contribution is -0.114. The highest BCUT2D eigenvalue weighted by atomic mass is 16.2. The minimum atomic E-state index is -0.204. The van der Waals surface area contributed by atoms with E-state index in [1.807, 2.05) is 13.8 Å². The lowest BCUT2D eigenvalue weighted by atomic mass is 10.1. The molecule has 31 heavy (non-hydrogen) atoms. The molecule has 0 aliphatic heterocycles. The van der Waals surface area contributed by atoms with E-state index in [1.165, 1.54) is 0 Å². The zero-order valence-electron chi connectivity index (χ0n) is 18.5. The van der Waals surface area contributed by atoms with Crippen LogP contribution in [-0.4, -0.2) is 48.8 Å². The molecule has 0 aromatic heterocycles. The summed E-state index contributed by atoms with van der Waals surface area (Å²) in [6.45, 7) is 8.03. The number of anilines is 2. The van der Waals surface area contributed by atoms with Gasteiger partial charge >= 0.3 is 0 Å². The van der Waals surface area contributed by atoms with Crippen molar-refractivity contribution < 1.29 is 14.4 Å². The number of carbonyl (C=O) groups is 3. The Balaban J connectivity index is 1.82. The first-order chi connectivity index (χ1) is 15.0. The Kier molecular flexibility index (Phi) is 9.55. The molecule has 0 saturated heterocycles. The highest BCUT2D eigenvalue weighted by molar-refractivity contribution is 5.97. The minimum Gasteiger partial charge on any atom is -0.376 e. The maximum Gasteiger partial charge on any atom is 0.253 e. The van der Waals surface area contributed by atoms with Gasteiger partial charge in [0.05, 0.1) is 6.54 Å². The van der Waals surface area contributed by atoms with Crippen molar-refractivity contribution in [2.45, 2.75) is 33.6 Å². The third-order valence-corrected chi connectivity index (χ3v) is 4.88. The smallest absolute Gasteiger partial charge is 0.253 e. The average Bonchev–Trinajstić information content (AvgIpc) is 2.79. The quantitative estimate of drug-likeness (QED) is 0.479. The topological polar surface area (TPSA) is 90.5 Å². The summed E-state index contributed by atoms with van der Waals surface area (Å²) in [6.07, 6.45) is 1.99. The standard InChI is InChI=1S/C24H32N4O3/c1-4-7-16-25-23(30)18-8-12-20(13-9-18)26-17-22(29)27-21-14-10-19(11-15-21)24(31)28(5-2)6-3/h8-15,26H,4-7,16-17H2,1-3H3,(H,25,30)(H,27,29). The number of benzene rings is 2. The lowest BCUT2D eigenvalue weighted by Crippen LogP contribution is -2.30. The van der Waals surface area contributed by atoms with Gasteiger partial charge in [-0.2, -0.15) is 0 Å². The van der Waals surface area contributed by atoms with Crippen LogP contribution in [0, 0.1) is 0 Å². The summed E-state index contributed by atoms with van der Waals surface area (Å²) in [7, 11) is 0. The maximum absolute atomic E-state index is 12.3. The monoisotopic (exact) mass is 424 g/mol. The van der Waals surface area contributed by atoms with Crippen molar-refractivity contribution in [2.75, 3.05) is 36.8 Å². The average molecular weight is 425 g/mol. The Bertz CT molecular complexity index is 859. The van der Waals surface area contributed by atoms with Crippen LogP contribution in [0.1, 0.15) is 54.3 Å². The SMILES string of the molecule is CCCCNC(=O)c1ccc(NCC(=O)Nc2ccc(C(=O)N(CC)CC)cc2)cc1. The molecule has 2 rings (SSSR count). The van der Waals surface area contributed by atoms with E-state index in [0.29, 0.717) is 36.4 Å². The first-order valence-corrected chi connectivity index (χ1v) is 10.8. The molecule has 3 N–H and O–H groups in total. The van der Waals surface area contributed by atoms with Crippen molar-refractivity contribution in [3.05, 3.63) is 59.7 Å². The van der Waals surface area contributed by atoms with Gasteiger partial charge in [-0.1, -0.05) is 13.3 Å². The van der Waals surface area contributed by atoms with Crippen LogP contribution in [0.25, 0.3) is 0 Å². The predicted octanol–water partition coefficient (Wildman–Crippen LogP) is 3.75. The van der Waals surface area contributed by atoms with Gasteiger partial charge in [-0.3, -0.25) is 14.4 Å². The Morgan fingerprint density at radius 1 is 0.806 bits per heavy atom. The molecule has 2 aromatic carbocycles. The van der Waals surface area contributed by atoms with E-state index in [1.54, 1.807) is 53.4 Å². The zero-order valence-corrected chi connectivity index (χ0v) is 18.5. The number of nitrogens with zero attached hydrogens (tertiary/aromatic N) is 1. The summed E-state index contributed by atoms with van der Waals surface area (Å²) in [5.74, 6) is -0.322. The molecule has 2 aromatic rings. The number of rotatable bonds is 11. The van der Waals surface area contributed by atoms with E-state index in [9.17, 15) is 14.4 Å². The molecule has 0 fully saturated rings. The molecule has 0 bridgehead atoms. The molecule has 0 aliphatic carbocycles. The number of nitrogens with one attached hydrogen (secondary N) is 3. The number of hydrogen-bond acceptors (Lipinski definition) is 4. The maximum atomic E-state index is 12.3. The summed E-state index contributed by atoms with van der Waals surface area (Å²) in [6, 6.07) is 13.9. The fraction of sp³-hybridized carbons (Fsp3) is 0.375. The van der Waals surface area contributed by atoms with Gasteiger partial charge in [-0.25, -0.2) is 0 Å².